The van der Waals surface area contributed by atoms with Crippen LogP contribution in [0.3, 0.4) is 0 Å². The smallest absolute Gasteiger partial charge is 0.322 e. The van der Waals surface area contributed by atoms with E-state index in [1.54, 1.807) is 30.2 Å². The van der Waals surface area contributed by atoms with Crippen LogP contribution in [-0.4, -0.2) is 39.2 Å². The highest BCUT2D eigenvalue weighted by Gasteiger charge is 2.26. The molecule has 0 saturated heterocycles. The van der Waals surface area contributed by atoms with Crippen molar-refractivity contribution in [2.24, 2.45) is 0 Å². The molecule has 5 rings (SSSR count). The van der Waals surface area contributed by atoms with Crippen molar-refractivity contribution in [1.29, 1.82) is 0 Å². The standard InChI is InChI=1S/C21H18FN5O2S/c1-29-16-4-2-3-15(11-16)23-20(28)26-10-9-17-18(12-26)30-21-24-19(25-27(17)21)13-5-7-14(22)8-6-13/h2-8,11H,9-10,12H2,1H3,(H,23,28). The number of nitrogens with one attached hydrogen (secondary N) is 1. The second-order valence-corrected chi connectivity index (χ2v) is 8.00. The van der Waals surface area contributed by atoms with E-state index in [2.05, 4.69) is 15.4 Å². The van der Waals surface area contributed by atoms with Crippen LogP contribution in [-0.2, 0) is 13.0 Å². The van der Waals surface area contributed by atoms with E-state index in [9.17, 15) is 9.18 Å². The fourth-order valence-corrected chi connectivity index (χ4v) is 4.60. The van der Waals surface area contributed by atoms with Crippen LogP contribution in [0.5, 0.6) is 5.75 Å². The fraction of sp³-hybridized carbons (Fsp3) is 0.190. The van der Waals surface area contributed by atoms with Gasteiger partial charge in [0.15, 0.2) is 5.82 Å². The first-order chi connectivity index (χ1) is 14.6. The number of fused-ring (bicyclic) bond motifs is 3. The number of hydrogen-bond donors (Lipinski definition) is 1. The number of hydrogen-bond acceptors (Lipinski definition) is 5. The number of amides is 2. The number of carbonyl (C=O) groups is 1. The summed E-state index contributed by atoms with van der Waals surface area (Å²) in [6.45, 7) is 1.09. The molecule has 0 fully saturated rings. The lowest BCUT2D eigenvalue weighted by molar-refractivity contribution is 0.206. The molecule has 9 heteroatoms. The molecule has 2 amide bonds. The van der Waals surface area contributed by atoms with Gasteiger partial charge in [0, 0.05) is 35.2 Å². The maximum absolute atomic E-state index is 13.2. The molecule has 0 saturated carbocycles. The number of ether oxygens (including phenoxy) is 1. The molecule has 1 N–H and O–H groups in total. The second kappa shape index (κ2) is 7.42. The van der Waals surface area contributed by atoms with Crippen LogP contribution in [0.4, 0.5) is 14.9 Å². The topological polar surface area (TPSA) is 71.8 Å². The Morgan fingerprint density at radius 3 is 2.87 bits per heavy atom. The molecule has 0 aliphatic carbocycles. The Bertz CT molecular complexity index is 1230. The summed E-state index contributed by atoms with van der Waals surface area (Å²) in [4.78, 5) is 20.9. The molecule has 2 aromatic carbocycles. The minimum Gasteiger partial charge on any atom is -0.497 e. The Labute approximate surface area is 175 Å². The van der Waals surface area contributed by atoms with Gasteiger partial charge in [-0.15, -0.1) is 5.10 Å². The molecular formula is C21H18FN5O2S. The van der Waals surface area contributed by atoms with Gasteiger partial charge < -0.3 is 15.0 Å². The van der Waals surface area contributed by atoms with Crippen LogP contribution >= 0.6 is 11.3 Å². The summed E-state index contributed by atoms with van der Waals surface area (Å²) in [5.74, 6) is 0.975. The third kappa shape index (κ3) is 3.37. The molecule has 30 heavy (non-hydrogen) atoms. The van der Waals surface area contributed by atoms with Crippen molar-refractivity contribution in [3.05, 3.63) is 64.9 Å². The summed E-state index contributed by atoms with van der Waals surface area (Å²) in [5.41, 5.74) is 2.54. The van der Waals surface area contributed by atoms with Crippen LogP contribution in [0.15, 0.2) is 48.5 Å². The Balaban J connectivity index is 1.34. The summed E-state index contributed by atoms with van der Waals surface area (Å²) in [6, 6.07) is 13.3. The van der Waals surface area contributed by atoms with E-state index in [-0.39, 0.29) is 11.8 Å². The van der Waals surface area contributed by atoms with Gasteiger partial charge in [-0.05, 0) is 36.4 Å². The zero-order valence-electron chi connectivity index (χ0n) is 16.1. The number of rotatable bonds is 3. The van der Waals surface area contributed by atoms with Gasteiger partial charge in [-0.1, -0.05) is 17.4 Å². The predicted octanol–water partition coefficient (Wildman–Crippen LogP) is 4.20. The highest BCUT2D eigenvalue weighted by molar-refractivity contribution is 7.17. The number of anilines is 1. The third-order valence-electron chi connectivity index (χ3n) is 5.03. The van der Waals surface area contributed by atoms with Crippen molar-refractivity contribution in [1.82, 2.24) is 19.5 Å². The number of aromatic nitrogens is 3. The number of halogens is 1. The number of benzene rings is 2. The van der Waals surface area contributed by atoms with Gasteiger partial charge in [0.05, 0.1) is 19.3 Å². The minimum absolute atomic E-state index is 0.153. The molecule has 0 bridgehead atoms. The Hall–Kier alpha value is -3.46. The monoisotopic (exact) mass is 423 g/mol. The van der Waals surface area contributed by atoms with Crippen LogP contribution in [0.1, 0.15) is 10.6 Å². The number of methoxy groups -OCH3 is 1. The summed E-state index contributed by atoms with van der Waals surface area (Å²) in [7, 11) is 1.59. The van der Waals surface area contributed by atoms with Gasteiger partial charge in [0.2, 0.25) is 4.96 Å². The van der Waals surface area contributed by atoms with Crippen molar-refractivity contribution in [2.45, 2.75) is 13.0 Å². The third-order valence-corrected chi connectivity index (χ3v) is 6.09. The Kier molecular flexibility index (Phi) is 4.59. The summed E-state index contributed by atoms with van der Waals surface area (Å²) in [6.07, 6.45) is 0.688. The van der Waals surface area contributed by atoms with Crippen molar-refractivity contribution in [3.63, 3.8) is 0 Å². The lowest BCUT2D eigenvalue weighted by Crippen LogP contribution is -2.38. The summed E-state index contributed by atoms with van der Waals surface area (Å²) in [5, 5.41) is 7.53. The number of nitrogens with zero attached hydrogens (tertiary/aromatic N) is 4. The minimum atomic E-state index is -0.288. The van der Waals surface area contributed by atoms with Crippen molar-refractivity contribution in [3.8, 4) is 17.1 Å². The average molecular weight is 423 g/mol. The summed E-state index contributed by atoms with van der Waals surface area (Å²) >= 11 is 1.53. The first kappa shape index (κ1) is 18.6. The van der Waals surface area contributed by atoms with Crippen molar-refractivity contribution < 1.29 is 13.9 Å². The molecular weight excluding hydrogens is 405 g/mol. The van der Waals surface area contributed by atoms with Crippen LogP contribution in [0.2, 0.25) is 0 Å². The molecule has 152 valence electrons. The van der Waals surface area contributed by atoms with Gasteiger partial charge in [0.1, 0.15) is 11.6 Å². The largest absolute Gasteiger partial charge is 0.497 e. The molecule has 3 heterocycles. The fourth-order valence-electron chi connectivity index (χ4n) is 3.49. The van der Waals surface area contributed by atoms with Gasteiger partial charge in [0.25, 0.3) is 0 Å². The Morgan fingerprint density at radius 2 is 2.07 bits per heavy atom. The lowest BCUT2D eigenvalue weighted by atomic mass is 10.2. The van der Waals surface area contributed by atoms with E-state index >= 15 is 0 Å². The molecule has 0 spiro atoms. The highest BCUT2D eigenvalue weighted by atomic mass is 32.1. The van der Waals surface area contributed by atoms with E-state index in [4.69, 9.17) is 4.74 Å². The number of urea groups is 1. The SMILES string of the molecule is COc1cccc(NC(=O)N2CCc3c(sc4nc(-c5ccc(F)cc5)nn34)C2)c1. The van der Waals surface area contributed by atoms with E-state index in [0.29, 0.717) is 36.8 Å². The van der Waals surface area contributed by atoms with Gasteiger partial charge >= 0.3 is 6.03 Å². The van der Waals surface area contributed by atoms with Gasteiger partial charge in [-0.3, -0.25) is 0 Å². The average Bonchev–Trinajstić information content (AvgIpc) is 3.32. The predicted molar refractivity (Wildman–Crippen MR) is 112 cm³/mol. The van der Waals surface area contributed by atoms with E-state index < -0.39 is 0 Å². The number of thiazole rings is 1. The lowest BCUT2D eigenvalue weighted by Gasteiger charge is -2.26. The second-order valence-electron chi connectivity index (χ2n) is 6.94. The van der Waals surface area contributed by atoms with Crippen LogP contribution < -0.4 is 10.1 Å². The highest BCUT2D eigenvalue weighted by Crippen LogP contribution is 2.30. The van der Waals surface area contributed by atoms with Crippen molar-refractivity contribution in [2.75, 3.05) is 19.0 Å². The van der Waals surface area contributed by atoms with E-state index in [0.717, 1.165) is 21.1 Å². The quantitative estimate of drug-likeness (QED) is 0.536. The van der Waals surface area contributed by atoms with Crippen LogP contribution in [0, 0.1) is 5.82 Å². The maximum atomic E-state index is 13.2. The van der Waals surface area contributed by atoms with Crippen molar-refractivity contribution >= 4 is 28.0 Å². The van der Waals surface area contributed by atoms with Gasteiger partial charge in [-0.2, -0.15) is 4.98 Å². The van der Waals surface area contributed by atoms with E-state index in [1.807, 2.05) is 22.7 Å². The molecule has 1 aliphatic rings. The number of carbonyl (C=O) groups excluding carboxylic acids is 1. The maximum Gasteiger partial charge on any atom is 0.322 e. The normalized spacial score (nSPS) is 13.3. The molecule has 0 unspecified atom stereocenters. The molecule has 2 aromatic heterocycles. The van der Waals surface area contributed by atoms with Crippen LogP contribution in [0.25, 0.3) is 16.3 Å². The Morgan fingerprint density at radius 1 is 1.23 bits per heavy atom. The molecule has 7 nitrogen and oxygen atoms in total. The summed E-state index contributed by atoms with van der Waals surface area (Å²) < 4.78 is 20.2. The molecule has 0 atom stereocenters. The van der Waals surface area contributed by atoms with Gasteiger partial charge in [-0.25, -0.2) is 13.7 Å². The zero-order chi connectivity index (χ0) is 20.7. The van der Waals surface area contributed by atoms with E-state index in [1.165, 1.54) is 23.5 Å². The molecule has 4 aromatic rings. The first-order valence-corrected chi connectivity index (χ1v) is 10.3. The molecule has 0 radical (unpaired) electrons. The molecule has 1 aliphatic heterocycles. The first-order valence-electron chi connectivity index (χ1n) is 9.44. The zero-order valence-corrected chi connectivity index (χ0v) is 16.9.